The summed E-state index contributed by atoms with van der Waals surface area (Å²) in [6, 6.07) is 10.7. The van der Waals surface area contributed by atoms with Gasteiger partial charge in [-0.05, 0) is 43.0 Å². The van der Waals surface area contributed by atoms with Crippen molar-refractivity contribution >= 4 is 27.0 Å². The molecule has 0 fully saturated rings. The van der Waals surface area contributed by atoms with E-state index in [2.05, 4.69) is 43.3 Å². The zero-order valence-corrected chi connectivity index (χ0v) is 9.68. The molecule has 0 saturated heterocycles. The fraction of sp³-hybridized carbons (Fsp3) is 0.231. The Bertz CT molecular complexity index is 449. The van der Waals surface area contributed by atoms with Gasteiger partial charge in [0.05, 0.1) is 0 Å². The van der Waals surface area contributed by atoms with E-state index in [-0.39, 0.29) is 0 Å². The van der Waals surface area contributed by atoms with Crippen LogP contribution in [0.5, 0.6) is 0 Å². The molecule has 2 heteroatoms. The van der Waals surface area contributed by atoms with Crippen LogP contribution in [-0.4, -0.2) is 6.54 Å². The lowest BCUT2D eigenvalue weighted by atomic mass is 10.2. The van der Waals surface area contributed by atoms with Crippen molar-refractivity contribution in [1.82, 2.24) is 0 Å². The molecule has 1 aromatic heterocycles. The van der Waals surface area contributed by atoms with E-state index in [1.807, 2.05) is 11.3 Å². The molecule has 0 aliphatic carbocycles. The Balaban J connectivity index is 2.36. The maximum atomic E-state index is 5.49. The van der Waals surface area contributed by atoms with E-state index >= 15 is 0 Å². The van der Waals surface area contributed by atoms with Gasteiger partial charge in [-0.2, -0.15) is 0 Å². The minimum atomic E-state index is 0.724. The van der Waals surface area contributed by atoms with Gasteiger partial charge in [0.25, 0.3) is 0 Å². The van der Waals surface area contributed by atoms with Gasteiger partial charge in [-0.15, -0.1) is 11.3 Å². The number of hydrogen-bond acceptors (Lipinski definition) is 2. The normalized spacial score (nSPS) is 12.3. The van der Waals surface area contributed by atoms with Crippen molar-refractivity contribution < 1.29 is 0 Å². The van der Waals surface area contributed by atoms with E-state index in [9.17, 15) is 0 Å². The summed E-state index contributed by atoms with van der Waals surface area (Å²) in [5.74, 6) is 0. The van der Waals surface area contributed by atoms with Crippen LogP contribution in [0.3, 0.4) is 0 Å². The van der Waals surface area contributed by atoms with Gasteiger partial charge >= 0.3 is 0 Å². The van der Waals surface area contributed by atoms with E-state index in [1.165, 1.54) is 20.5 Å². The van der Waals surface area contributed by atoms with Crippen molar-refractivity contribution in [2.24, 2.45) is 5.73 Å². The third-order valence-electron chi connectivity index (χ3n) is 2.43. The molecule has 15 heavy (non-hydrogen) atoms. The number of allylic oxidation sites excluding steroid dienone is 1. The first-order valence-corrected chi connectivity index (χ1v) is 5.98. The van der Waals surface area contributed by atoms with Crippen molar-refractivity contribution in [2.45, 2.75) is 13.3 Å². The highest BCUT2D eigenvalue weighted by molar-refractivity contribution is 7.20. The Morgan fingerprint density at radius 3 is 2.93 bits per heavy atom. The lowest BCUT2D eigenvalue weighted by Crippen LogP contribution is -1.95. The smallest absolute Gasteiger partial charge is 0.0349 e. The second kappa shape index (κ2) is 4.60. The van der Waals surface area contributed by atoms with Crippen LogP contribution in [0.15, 0.2) is 36.4 Å². The van der Waals surface area contributed by atoms with Gasteiger partial charge < -0.3 is 5.73 Å². The number of thiophene rings is 1. The predicted molar refractivity (Wildman–Crippen MR) is 69.1 cm³/mol. The average molecular weight is 217 g/mol. The van der Waals surface area contributed by atoms with Gasteiger partial charge in [0.2, 0.25) is 0 Å². The third-order valence-corrected chi connectivity index (χ3v) is 3.68. The van der Waals surface area contributed by atoms with Crippen molar-refractivity contribution in [3.05, 3.63) is 41.3 Å². The molecular formula is C13H15NS. The summed E-state index contributed by atoms with van der Waals surface area (Å²) in [6.45, 7) is 2.88. The number of nitrogens with two attached hydrogens (primary N) is 1. The van der Waals surface area contributed by atoms with Crippen LogP contribution in [0.25, 0.3) is 15.7 Å². The molecule has 1 aromatic carbocycles. The molecule has 0 saturated carbocycles. The minimum Gasteiger partial charge on any atom is -0.330 e. The van der Waals surface area contributed by atoms with E-state index in [4.69, 9.17) is 5.73 Å². The van der Waals surface area contributed by atoms with Gasteiger partial charge in [0.15, 0.2) is 0 Å². The highest BCUT2D eigenvalue weighted by Crippen LogP contribution is 2.30. The van der Waals surface area contributed by atoms with Crippen LogP contribution < -0.4 is 5.73 Å². The van der Waals surface area contributed by atoms with Crippen LogP contribution in [0.4, 0.5) is 0 Å². The van der Waals surface area contributed by atoms with Crippen LogP contribution >= 0.6 is 11.3 Å². The highest BCUT2D eigenvalue weighted by Gasteiger charge is 2.01. The summed E-state index contributed by atoms with van der Waals surface area (Å²) in [5.41, 5.74) is 6.82. The SMILES string of the molecule is C/C(=C\CCN)c1cc2ccccc2s1. The van der Waals surface area contributed by atoms with Crippen LogP contribution in [0.2, 0.25) is 0 Å². The fourth-order valence-corrected chi connectivity index (χ4v) is 2.64. The number of hydrogen-bond donors (Lipinski definition) is 1. The molecular weight excluding hydrogens is 202 g/mol. The molecule has 1 nitrogen and oxygen atoms in total. The Hall–Kier alpha value is -1.12. The summed E-state index contributed by atoms with van der Waals surface area (Å²) in [5, 5.41) is 1.33. The van der Waals surface area contributed by atoms with E-state index in [0.717, 1.165) is 13.0 Å². The first-order chi connectivity index (χ1) is 7.31. The molecule has 0 aliphatic heterocycles. The molecule has 2 N–H and O–H groups in total. The standard InChI is InChI=1S/C13H15NS/c1-10(5-4-8-14)13-9-11-6-2-3-7-12(11)15-13/h2-3,5-7,9H,4,8,14H2,1H3/b10-5+. The second-order valence-electron chi connectivity index (χ2n) is 3.61. The maximum absolute atomic E-state index is 5.49. The van der Waals surface area contributed by atoms with E-state index in [1.54, 1.807) is 0 Å². The van der Waals surface area contributed by atoms with Crippen molar-refractivity contribution in [3.8, 4) is 0 Å². The Morgan fingerprint density at radius 1 is 1.40 bits per heavy atom. The molecule has 0 amide bonds. The van der Waals surface area contributed by atoms with Gasteiger partial charge in [0, 0.05) is 9.58 Å². The number of rotatable bonds is 3. The lowest BCUT2D eigenvalue weighted by Gasteiger charge is -1.94. The van der Waals surface area contributed by atoms with Gasteiger partial charge in [-0.25, -0.2) is 0 Å². The number of fused-ring (bicyclic) bond motifs is 1. The van der Waals surface area contributed by atoms with Gasteiger partial charge in [0.1, 0.15) is 0 Å². The Labute approximate surface area is 94.2 Å². The minimum absolute atomic E-state index is 0.724. The second-order valence-corrected chi connectivity index (χ2v) is 4.70. The van der Waals surface area contributed by atoms with Crippen LogP contribution in [-0.2, 0) is 0 Å². The first-order valence-electron chi connectivity index (χ1n) is 5.17. The summed E-state index contributed by atoms with van der Waals surface area (Å²) in [6.07, 6.45) is 3.17. The fourth-order valence-electron chi connectivity index (χ4n) is 1.58. The highest BCUT2D eigenvalue weighted by atomic mass is 32.1. The van der Waals surface area contributed by atoms with Gasteiger partial charge in [-0.1, -0.05) is 24.3 Å². The maximum Gasteiger partial charge on any atom is 0.0349 e. The first kappa shape index (κ1) is 10.4. The van der Waals surface area contributed by atoms with Crippen molar-refractivity contribution in [2.75, 3.05) is 6.54 Å². The zero-order valence-electron chi connectivity index (χ0n) is 8.86. The molecule has 2 aromatic rings. The Kier molecular flexibility index (Phi) is 3.19. The Morgan fingerprint density at radius 2 is 2.20 bits per heavy atom. The largest absolute Gasteiger partial charge is 0.330 e. The average Bonchev–Trinajstić information content (AvgIpc) is 2.69. The van der Waals surface area contributed by atoms with E-state index < -0.39 is 0 Å². The molecule has 1 heterocycles. The topological polar surface area (TPSA) is 26.0 Å². The number of benzene rings is 1. The summed E-state index contributed by atoms with van der Waals surface area (Å²) < 4.78 is 1.35. The predicted octanol–water partition coefficient (Wildman–Crippen LogP) is 3.65. The van der Waals surface area contributed by atoms with E-state index in [0.29, 0.717) is 0 Å². The summed E-state index contributed by atoms with van der Waals surface area (Å²) >= 11 is 1.85. The van der Waals surface area contributed by atoms with Crippen molar-refractivity contribution in [3.63, 3.8) is 0 Å². The molecule has 0 radical (unpaired) electrons. The summed E-state index contributed by atoms with van der Waals surface area (Å²) in [7, 11) is 0. The molecule has 0 spiro atoms. The molecule has 0 bridgehead atoms. The summed E-state index contributed by atoms with van der Waals surface area (Å²) in [4.78, 5) is 1.35. The van der Waals surface area contributed by atoms with Crippen molar-refractivity contribution in [1.29, 1.82) is 0 Å². The monoisotopic (exact) mass is 217 g/mol. The van der Waals surface area contributed by atoms with Crippen LogP contribution in [0, 0.1) is 0 Å². The molecule has 0 unspecified atom stereocenters. The lowest BCUT2D eigenvalue weighted by molar-refractivity contribution is 1.01. The molecule has 0 aliphatic rings. The quantitative estimate of drug-likeness (QED) is 0.834. The molecule has 0 atom stereocenters. The zero-order chi connectivity index (χ0) is 10.7. The van der Waals surface area contributed by atoms with Gasteiger partial charge in [-0.3, -0.25) is 0 Å². The van der Waals surface area contributed by atoms with Crippen LogP contribution in [0.1, 0.15) is 18.2 Å². The third kappa shape index (κ3) is 2.28. The molecule has 78 valence electrons. The molecule has 2 rings (SSSR count).